The Morgan fingerprint density at radius 3 is 2.83 bits per heavy atom. The summed E-state index contributed by atoms with van der Waals surface area (Å²) in [6.45, 7) is 1.99. The number of nitrogens with zero attached hydrogens (tertiary/aromatic N) is 2. The molecule has 1 aromatic carbocycles. The van der Waals surface area contributed by atoms with E-state index >= 15 is 0 Å². The van der Waals surface area contributed by atoms with Gasteiger partial charge in [0, 0.05) is 12.4 Å². The summed E-state index contributed by atoms with van der Waals surface area (Å²) in [4.78, 5) is 0. The summed E-state index contributed by atoms with van der Waals surface area (Å²) in [6.07, 6.45) is 0. The third kappa shape index (κ3) is 0.794. The van der Waals surface area contributed by atoms with Gasteiger partial charge in [0.05, 0.1) is 16.9 Å². The van der Waals surface area contributed by atoms with E-state index in [1.807, 2.05) is 36.9 Å². The van der Waals surface area contributed by atoms with Crippen LogP contribution in [0.4, 0.5) is 5.69 Å². The lowest BCUT2D eigenvalue weighted by Crippen LogP contribution is -1.93. The lowest BCUT2D eigenvalue weighted by molar-refractivity contribution is 0.784. The van der Waals surface area contributed by atoms with Gasteiger partial charge in [0.15, 0.2) is 0 Å². The average Bonchev–Trinajstić information content (AvgIpc) is 2.29. The number of benzene rings is 1. The van der Waals surface area contributed by atoms with Crippen molar-refractivity contribution in [1.82, 2.24) is 9.78 Å². The Hall–Kier alpha value is -1.51. The van der Waals surface area contributed by atoms with E-state index in [1.165, 1.54) is 0 Å². The number of anilines is 1. The molecule has 0 unspecified atom stereocenters. The number of nitrogen functional groups attached to an aromatic ring is 1. The predicted octanol–water partition coefficient (Wildman–Crippen LogP) is 1.46. The van der Waals surface area contributed by atoms with Crippen molar-refractivity contribution in [3.8, 4) is 0 Å². The Morgan fingerprint density at radius 2 is 2.17 bits per heavy atom. The number of hydrogen-bond acceptors (Lipinski definition) is 2. The lowest BCUT2D eigenvalue weighted by atomic mass is 10.2. The van der Waals surface area contributed by atoms with Gasteiger partial charge in [-0.15, -0.1) is 0 Å². The molecule has 2 N–H and O–H groups in total. The van der Waals surface area contributed by atoms with E-state index in [1.54, 1.807) is 0 Å². The van der Waals surface area contributed by atoms with Gasteiger partial charge in [-0.25, -0.2) is 0 Å². The molecule has 0 atom stereocenters. The maximum atomic E-state index is 5.81. The standard InChI is InChI=1S/C9H11N3/c1-6-7-4-3-5-8(10)9(7)12(2)11-6/h3-5H,10H2,1-2H3. The maximum absolute atomic E-state index is 5.81. The number of para-hydroxylation sites is 1. The van der Waals surface area contributed by atoms with Crippen molar-refractivity contribution in [3.63, 3.8) is 0 Å². The van der Waals surface area contributed by atoms with Crippen LogP contribution in [0.1, 0.15) is 5.69 Å². The molecule has 1 aromatic heterocycles. The first kappa shape index (κ1) is 7.16. The van der Waals surface area contributed by atoms with Crippen LogP contribution in [0.2, 0.25) is 0 Å². The van der Waals surface area contributed by atoms with Gasteiger partial charge < -0.3 is 5.73 Å². The van der Waals surface area contributed by atoms with Crippen molar-refractivity contribution >= 4 is 16.6 Å². The second-order valence-corrected chi connectivity index (χ2v) is 2.95. The van der Waals surface area contributed by atoms with E-state index < -0.39 is 0 Å². The Morgan fingerprint density at radius 1 is 1.42 bits per heavy atom. The van der Waals surface area contributed by atoms with Gasteiger partial charge in [-0.2, -0.15) is 5.10 Å². The first-order valence-corrected chi connectivity index (χ1v) is 3.88. The molecule has 0 bridgehead atoms. The maximum Gasteiger partial charge on any atom is 0.0911 e. The molecule has 2 rings (SSSR count). The monoisotopic (exact) mass is 161 g/mol. The number of rotatable bonds is 0. The van der Waals surface area contributed by atoms with Crippen molar-refractivity contribution in [2.45, 2.75) is 6.92 Å². The molecule has 0 spiro atoms. The van der Waals surface area contributed by atoms with E-state index in [0.29, 0.717) is 0 Å². The highest BCUT2D eigenvalue weighted by Gasteiger charge is 2.05. The normalized spacial score (nSPS) is 10.8. The highest BCUT2D eigenvalue weighted by molar-refractivity contribution is 5.91. The van der Waals surface area contributed by atoms with Crippen LogP contribution in [0, 0.1) is 6.92 Å². The van der Waals surface area contributed by atoms with Crippen molar-refractivity contribution < 1.29 is 0 Å². The van der Waals surface area contributed by atoms with E-state index in [2.05, 4.69) is 5.10 Å². The zero-order valence-corrected chi connectivity index (χ0v) is 7.20. The van der Waals surface area contributed by atoms with E-state index in [4.69, 9.17) is 5.73 Å². The molecule has 0 fully saturated rings. The van der Waals surface area contributed by atoms with Gasteiger partial charge in [0.2, 0.25) is 0 Å². The second-order valence-electron chi connectivity index (χ2n) is 2.95. The molecule has 0 aliphatic rings. The van der Waals surface area contributed by atoms with E-state index in [0.717, 1.165) is 22.3 Å². The fourth-order valence-corrected chi connectivity index (χ4v) is 1.54. The SMILES string of the molecule is Cc1nn(C)c2c(N)cccc12. The Balaban J connectivity index is 2.99. The van der Waals surface area contributed by atoms with Crippen molar-refractivity contribution in [3.05, 3.63) is 23.9 Å². The van der Waals surface area contributed by atoms with Gasteiger partial charge in [0.1, 0.15) is 0 Å². The van der Waals surface area contributed by atoms with Gasteiger partial charge in [0.25, 0.3) is 0 Å². The highest BCUT2D eigenvalue weighted by atomic mass is 15.3. The smallest absolute Gasteiger partial charge is 0.0911 e. The van der Waals surface area contributed by atoms with Crippen molar-refractivity contribution in [2.75, 3.05) is 5.73 Å². The third-order valence-corrected chi connectivity index (χ3v) is 2.08. The molecule has 0 radical (unpaired) electrons. The summed E-state index contributed by atoms with van der Waals surface area (Å²) in [5.74, 6) is 0. The molecule has 1 heterocycles. The van der Waals surface area contributed by atoms with E-state index in [-0.39, 0.29) is 0 Å². The highest BCUT2D eigenvalue weighted by Crippen LogP contribution is 2.22. The summed E-state index contributed by atoms with van der Waals surface area (Å²) >= 11 is 0. The van der Waals surface area contributed by atoms with E-state index in [9.17, 15) is 0 Å². The quantitative estimate of drug-likeness (QED) is 0.594. The molecule has 0 saturated carbocycles. The number of fused-ring (bicyclic) bond motifs is 1. The van der Waals surface area contributed by atoms with Crippen LogP contribution in [0.25, 0.3) is 10.9 Å². The summed E-state index contributed by atoms with van der Waals surface area (Å²) < 4.78 is 1.82. The lowest BCUT2D eigenvalue weighted by Gasteiger charge is -1.97. The summed E-state index contributed by atoms with van der Waals surface area (Å²) in [6, 6.07) is 5.88. The van der Waals surface area contributed by atoms with Crippen LogP contribution in [0.5, 0.6) is 0 Å². The fraction of sp³-hybridized carbons (Fsp3) is 0.222. The largest absolute Gasteiger partial charge is 0.397 e. The minimum Gasteiger partial charge on any atom is -0.397 e. The third-order valence-electron chi connectivity index (χ3n) is 2.08. The molecule has 0 saturated heterocycles. The number of nitrogens with two attached hydrogens (primary N) is 1. The topological polar surface area (TPSA) is 43.8 Å². The molecule has 62 valence electrons. The average molecular weight is 161 g/mol. The van der Waals surface area contributed by atoms with Crippen LogP contribution in [-0.4, -0.2) is 9.78 Å². The fourth-order valence-electron chi connectivity index (χ4n) is 1.54. The van der Waals surface area contributed by atoms with Crippen LogP contribution >= 0.6 is 0 Å². The molecule has 0 aliphatic carbocycles. The molecule has 3 heteroatoms. The van der Waals surface area contributed by atoms with Gasteiger partial charge in [-0.1, -0.05) is 12.1 Å². The predicted molar refractivity (Wildman–Crippen MR) is 49.9 cm³/mol. The Kier molecular flexibility index (Phi) is 1.33. The zero-order chi connectivity index (χ0) is 8.72. The van der Waals surface area contributed by atoms with Gasteiger partial charge in [-0.05, 0) is 13.0 Å². The van der Waals surface area contributed by atoms with Gasteiger partial charge in [-0.3, -0.25) is 4.68 Å². The minimum absolute atomic E-state index is 0.788. The first-order valence-electron chi connectivity index (χ1n) is 3.88. The molecular weight excluding hydrogens is 150 g/mol. The van der Waals surface area contributed by atoms with Gasteiger partial charge >= 0.3 is 0 Å². The summed E-state index contributed by atoms with van der Waals surface area (Å²) in [5, 5.41) is 5.42. The van der Waals surface area contributed by atoms with Crippen LogP contribution in [0.3, 0.4) is 0 Å². The molecule has 12 heavy (non-hydrogen) atoms. The number of aromatic nitrogens is 2. The van der Waals surface area contributed by atoms with Crippen molar-refractivity contribution in [2.24, 2.45) is 7.05 Å². The van der Waals surface area contributed by atoms with Crippen LogP contribution in [-0.2, 0) is 7.05 Å². The first-order chi connectivity index (χ1) is 5.70. The Bertz CT molecular complexity index is 429. The molecule has 2 aromatic rings. The minimum atomic E-state index is 0.788. The summed E-state index contributed by atoms with van der Waals surface area (Å²) in [5.41, 5.74) is 8.65. The van der Waals surface area contributed by atoms with Crippen molar-refractivity contribution in [1.29, 1.82) is 0 Å². The van der Waals surface area contributed by atoms with Crippen LogP contribution < -0.4 is 5.73 Å². The van der Waals surface area contributed by atoms with Crippen LogP contribution in [0.15, 0.2) is 18.2 Å². The number of hydrogen-bond donors (Lipinski definition) is 1. The number of aryl methyl sites for hydroxylation is 2. The molecule has 3 nitrogen and oxygen atoms in total. The summed E-state index contributed by atoms with van der Waals surface area (Å²) in [7, 11) is 1.91. The Labute approximate surface area is 70.8 Å². The molecular formula is C9H11N3. The zero-order valence-electron chi connectivity index (χ0n) is 7.20. The second kappa shape index (κ2) is 2.24. The molecule has 0 aliphatic heterocycles. The molecule has 0 amide bonds.